The first-order chi connectivity index (χ1) is 9.01. The van der Waals surface area contributed by atoms with Gasteiger partial charge in [-0.25, -0.2) is 4.79 Å². The van der Waals surface area contributed by atoms with Gasteiger partial charge in [-0.3, -0.25) is 14.6 Å². The number of H-pyrrole nitrogens is 1. The highest BCUT2D eigenvalue weighted by Crippen LogP contribution is 2.19. The average molecular weight is 264 g/mol. The first-order valence-corrected chi connectivity index (χ1v) is 5.47. The van der Waals surface area contributed by atoms with Crippen LogP contribution in [0.15, 0.2) is 27.4 Å². The number of aromatic amines is 1. The number of benzene rings is 1. The molecule has 1 aromatic carbocycles. The Balaban J connectivity index is 2.25. The van der Waals surface area contributed by atoms with Gasteiger partial charge in [0.05, 0.1) is 12.6 Å². The van der Waals surface area contributed by atoms with Crippen molar-refractivity contribution in [3.05, 3.63) is 28.7 Å². The lowest BCUT2D eigenvalue weighted by atomic mass is 10.2. The lowest BCUT2D eigenvalue weighted by Crippen LogP contribution is -2.28. The smallest absolute Gasteiger partial charge is 0.417 e. The van der Waals surface area contributed by atoms with E-state index in [0.717, 1.165) is 0 Å². The Hall–Kier alpha value is -2.57. The first kappa shape index (κ1) is 12.9. The number of amides is 1. The van der Waals surface area contributed by atoms with Gasteiger partial charge in [0.2, 0.25) is 5.91 Å². The number of nitrogens with zero attached hydrogens (tertiary/aromatic N) is 1. The summed E-state index contributed by atoms with van der Waals surface area (Å²) in [5.41, 5.74) is 1.41. The molecule has 1 amide bonds. The summed E-state index contributed by atoms with van der Waals surface area (Å²) >= 11 is 0. The predicted molar refractivity (Wildman–Crippen MR) is 66.9 cm³/mol. The molecule has 0 fully saturated rings. The number of carbonyl (C=O) groups is 2. The van der Waals surface area contributed by atoms with Crippen LogP contribution < -0.4 is 10.7 Å². The van der Waals surface area contributed by atoms with Crippen molar-refractivity contribution < 1.29 is 18.7 Å². The molecule has 0 aliphatic heterocycles. The molecule has 100 valence electrons. The van der Waals surface area contributed by atoms with Gasteiger partial charge < -0.3 is 14.1 Å². The number of fused-ring (bicyclic) bond motifs is 1. The van der Waals surface area contributed by atoms with Crippen molar-refractivity contribution in [3.63, 3.8) is 0 Å². The van der Waals surface area contributed by atoms with Gasteiger partial charge in [-0.05, 0) is 12.1 Å². The number of oxazole rings is 1. The third kappa shape index (κ3) is 2.65. The Kier molecular flexibility index (Phi) is 3.37. The van der Waals surface area contributed by atoms with Crippen LogP contribution in [0, 0.1) is 0 Å². The quantitative estimate of drug-likeness (QED) is 0.649. The van der Waals surface area contributed by atoms with Crippen LogP contribution in [-0.4, -0.2) is 31.0 Å². The molecule has 1 heterocycles. The van der Waals surface area contributed by atoms with E-state index in [2.05, 4.69) is 9.72 Å². The number of methoxy groups -OCH3 is 1. The molecule has 1 aromatic heterocycles. The molecule has 0 aliphatic rings. The number of hydrogen-bond donors (Lipinski definition) is 1. The van der Waals surface area contributed by atoms with Gasteiger partial charge in [0.1, 0.15) is 6.42 Å². The highest BCUT2D eigenvalue weighted by Gasteiger charge is 2.16. The molecule has 19 heavy (non-hydrogen) atoms. The van der Waals surface area contributed by atoms with Gasteiger partial charge in [-0.15, -0.1) is 0 Å². The second-order valence-electron chi connectivity index (χ2n) is 3.90. The Bertz CT molecular complexity index is 685. The third-order valence-electron chi connectivity index (χ3n) is 2.69. The minimum absolute atomic E-state index is 0.345. The number of nitrogens with one attached hydrogen (secondary N) is 1. The van der Waals surface area contributed by atoms with E-state index >= 15 is 0 Å². The van der Waals surface area contributed by atoms with Gasteiger partial charge in [-0.2, -0.15) is 0 Å². The van der Waals surface area contributed by atoms with Crippen LogP contribution in [0.25, 0.3) is 11.1 Å². The second-order valence-corrected chi connectivity index (χ2v) is 3.90. The molecule has 7 heteroatoms. The monoisotopic (exact) mass is 264 g/mol. The molecule has 0 saturated carbocycles. The normalized spacial score (nSPS) is 10.4. The fourth-order valence-corrected chi connectivity index (χ4v) is 1.60. The first-order valence-electron chi connectivity index (χ1n) is 5.47. The van der Waals surface area contributed by atoms with Crippen molar-refractivity contribution in [2.45, 2.75) is 6.42 Å². The van der Waals surface area contributed by atoms with E-state index < -0.39 is 17.6 Å². The molecule has 0 atom stereocenters. The summed E-state index contributed by atoms with van der Waals surface area (Å²) < 4.78 is 9.33. The maximum atomic E-state index is 11.8. The molecule has 2 rings (SSSR count). The number of ether oxygens (including phenoxy) is 1. The molecule has 0 aliphatic carbocycles. The van der Waals surface area contributed by atoms with Gasteiger partial charge >= 0.3 is 11.7 Å². The van der Waals surface area contributed by atoms with E-state index in [1.165, 1.54) is 19.1 Å². The fourth-order valence-electron chi connectivity index (χ4n) is 1.60. The molecule has 0 spiro atoms. The standard InChI is InChI=1S/C12H12N2O5/c1-14(10(15)6-11(16)18-2)7-3-4-8-9(5-7)19-12(17)13-8/h3-5H,6H2,1-2H3,(H,13,17). The molecule has 2 aromatic rings. The summed E-state index contributed by atoms with van der Waals surface area (Å²) in [6.07, 6.45) is -0.345. The summed E-state index contributed by atoms with van der Waals surface area (Å²) in [4.78, 5) is 37.6. The van der Waals surface area contributed by atoms with Gasteiger partial charge in [0.25, 0.3) is 0 Å². The SMILES string of the molecule is COC(=O)CC(=O)N(C)c1ccc2[nH]c(=O)oc2c1. The molecule has 1 N–H and O–H groups in total. The molecule has 7 nitrogen and oxygen atoms in total. The van der Waals surface area contributed by atoms with Crippen LogP contribution in [0.3, 0.4) is 0 Å². The van der Waals surface area contributed by atoms with Gasteiger partial charge in [-0.1, -0.05) is 0 Å². The van der Waals surface area contributed by atoms with Crippen LogP contribution in [0.2, 0.25) is 0 Å². The number of anilines is 1. The van der Waals surface area contributed by atoms with Crippen LogP contribution in [0.4, 0.5) is 5.69 Å². The third-order valence-corrected chi connectivity index (χ3v) is 2.69. The van der Waals surface area contributed by atoms with Gasteiger partial charge in [0, 0.05) is 18.8 Å². The number of carbonyl (C=O) groups excluding carboxylic acids is 2. The van der Waals surface area contributed by atoms with E-state index in [9.17, 15) is 14.4 Å². The van der Waals surface area contributed by atoms with Crippen molar-refractivity contribution in [1.82, 2.24) is 4.98 Å². The van der Waals surface area contributed by atoms with Crippen molar-refractivity contribution in [1.29, 1.82) is 0 Å². The van der Waals surface area contributed by atoms with Crippen LogP contribution in [0.1, 0.15) is 6.42 Å². The Morgan fingerprint density at radius 2 is 2.16 bits per heavy atom. The number of hydrogen-bond acceptors (Lipinski definition) is 5. The zero-order valence-electron chi connectivity index (χ0n) is 10.4. The van der Waals surface area contributed by atoms with E-state index in [1.54, 1.807) is 18.2 Å². The summed E-state index contributed by atoms with van der Waals surface area (Å²) in [6, 6.07) is 4.81. The molecule has 0 radical (unpaired) electrons. The van der Waals surface area contributed by atoms with Crippen molar-refractivity contribution in [2.75, 3.05) is 19.1 Å². The lowest BCUT2D eigenvalue weighted by Gasteiger charge is -2.16. The Morgan fingerprint density at radius 3 is 2.84 bits per heavy atom. The molecule has 0 saturated heterocycles. The number of aromatic nitrogens is 1. The summed E-state index contributed by atoms with van der Waals surface area (Å²) in [7, 11) is 2.74. The second kappa shape index (κ2) is 4.97. The maximum absolute atomic E-state index is 11.8. The van der Waals surface area contributed by atoms with E-state index in [0.29, 0.717) is 16.8 Å². The van der Waals surface area contributed by atoms with Crippen molar-refractivity contribution in [3.8, 4) is 0 Å². The fraction of sp³-hybridized carbons (Fsp3) is 0.250. The minimum atomic E-state index is -0.605. The summed E-state index contributed by atoms with van der Waals surface area (Å²) in [5, 5.41) is 0. The molecular weight excluding hydrogens is 252 g/mol. The molecule has 0 unspecified atom stereocenters. The van der Waals surface area contributed by atoms with Crippen molar-refractivity contribution in [2.24, 2.45) is 0 Å². The predicted octanol–water partition coefficient (Wildman–Crippen LogP) is 0.647. The largest absolute Gasteiger partial charge is 0.469 e. The van der Waals surface area contributed by atoms with Crippen LogP contribution in [0.5, 0.6) is 0 Å². The maximum Gasteiger partial charge on any atom is 0.417 e. The average Bonchev–Trinajstić information content (AvgIpc) is 2.76. The zero-order chi connectivity index (χ0) is 14.0. The Labute approximate surface area is 107 Å². The zero-order valence-corrected chi connectivity index (χ0v) is 10.4. The number of esters is 1. The number of rotatable bonds is 3. The highest BCUT2D eigenvalue weighted by atomic mass is 16.5. The summed E-state index contributed by atoms with van der Waals surface area (Å²) in [5.74, 6) is -1.58. The van der Waals surface area contributed by atoms with Gasteiger partial charge in [0.15, 0.2) is 5.58 Å². The van der Waals surface area contributed by atoms with Crippen LogP contribution in [-0.2, 0) is 14.3 Å². The van der Waals surface area contributed by atoms with Crippen molar-refractivity contribution >= 4 is 28.7 Å². The van der Waals surface area contributed by atoms with Crippen LogP contribution >= 0.6 is 0 Å². The minimum Gasteiger partial charge on any atom is -0.469 e. The lowest BCUT2D eigenvalue weighted by molar-refractivity contribution is -0.143. The van der Waals surface area contributed by atoms with E-state index in [4.69, 9.17) is 4.42 Å². The topological polar surface area (TPSA) is 92.6 Å². The highest BCUT2D eigenvalue weighted by molar-refractivity contribution is 6.03. The Morgan fingerprint density at radius 1 is 1.42 bits per heavy atom. The van der Waals surface area contributed by atoms with E-state index in [1.807, 2.05) is 0 Å². The molecule has 0 bridgehead atoms. The molecular formula is C12H12N2O5. The van der Waals surface area contributed by atoms with E-state index in [-0.39, 0.29) is 6.42 Å². The summed E-state index contributed by atoms with van der Waals surface area (Å²) in [6.45, 7) is 0.